The maximum atomic E-state index is 12.4. The third-order valence-electron chi connectivity index (χ3n) is 4.11. The molecule has 2 atom stereocenters. The van der Waals surface area contributed by atoms with Gasteiger partial charge in [-0.25, -0.2) is 9.59 Å². The van der Waals surface area contributed by atoms with Crippen LogP contribution in [0.25, 0.3) is 0 Å². The Labute approximate surface area is 126 Å². The first kappa shape index (κ1) is 15.9. The minimum absolute atomic E-state index is 0.0218. The van der Waals surface area contributed by atoms with Crippen molar-refractivity contribution >= 4 is 12.1 Å². The van der Waals surface area contributed by atoms with Crippen molar-refractivity contribution in [3.63, 3.8) is 0 Å². The number of carbonyl (C=O) groups excluding carboxylic acids is 2. The third-order valence-corrected chi connectivity index (χ3v) is 4.11. The monoisotopic (exact) mass is 295 g/mol. The van der Waals surface area contributed by atoms with E-state index >= 15 is 0 Å². The normalized spacial score (nSPS) is 27.4. The number of ether oxygens (including phenoxy) is 2. The largest absolute Gasteiger partial charge is 0.466 e. The highest BCUT2D eigenvalue weighted by Gasteiger charge is 2.39. The van der Waals surface area contributed by atoms with E-state index in [4.69, 9.17) is 9.47 Å². The molecule has 1 aliphatic carbocycles. The molecule has 2 rings (SSSR count). The van der Waals surface area contributed by atoms with Crippen LogP contribution in [0.1, 0.15) is 46.5 Å². The molecule has 2 bridgehead atoms. The number of piperidine rings is 1. The van der Waals surface area contributed by atoms with E-state index in [1.165, 1.54) is 7.11 Å². The summed E-state index contributed by atoms with van der Waals surface area (Å²) >= 11 is 0. The van der Waals surface area contributed by atoms with Crippen molar-refractivity contribution in [2.45, 2.75) is 58.1 Å². The molecule has 21 heavy (non-hydrogen) atoms. The van der Waals surface area contributed by atoms with Gasteiger partial charge in [0, 0.05) is 12.6 Å². The van der Waals surface area contributed by atoms with Crippen molar-refractivity contribution in [2.75, 3.05) is 13.7 Å². The third kappa shape index (κ3) is 3.99. The molecular weight excluding hydrogens is 270 g/mol. The molecule has 0 radical (unpaired) electrons. The Morgan fingerprint density at radius 2 is 2.00 bits per heavy atom. The van der Waals surface area contributed by atoms with Gasteiger partial charge in [-0.15, -0.1) is 0 Å². The quantitative estimate of drug-likeness (QED) is 0.551. The summed E-state index contributed by atoms with van der Waals surface area (Å²) in [4.78, 5) is 25.7. The Morgan fingerprint density at radius 1 is 1.29 bits per heavy atom. The lowest BCUT2D eigenvalue weighted by molar-refractivity contribution is -0.135. The first-order chi connectivity index (χ1) is 9.80. The minimum Gasteiger partial charge on any atom is -0.466 e. The van der Waals surface area contributed by atoms with Gasteiger partial charge in [0.15, 0.2) is 0 Å². The van der Waals surface area contributed by atoms with Crippen LogP contribution in [0.2, 0.25) is 0 Å². The molecule has 5 nitrogen and oxygen atoms in total. The van der Waals surface area contributed by atoms with Gasteiger partial charge in [0.25, 0.3) is 0 Å². The highest BCUT2D eigenvalue weighted by molar-refractivity contribution is 5.83. The molecule has 1 amide bonds. The van der Waals surface area contributed by atoms with Crippen LogP contribution in [0.4, 0.5) is 4.79 Å². The van der Waals surface area contributed by atoms with E-state index in [2.05, 4.69) is 0 Å². The zero-order valence-corrected chi connectivity index (χ0v) is 13.3. The molecule has 1 saturated heterocycles. The summed E-state index contributed by atoms with van der Waals surface area (Å²) in [5.41, 5.74) is 0.484. The smallest absolute Gasteiger partial charge is 0.410 e. The van der Waals surface area contributed by atoms with E-state index in [1.54, 1.807) is 11.0 Å². The summed E-state index contributed by atoms with van der Waals surface area (Å²) < 4.78 is 10.2. The summed E-state index contributed by atoms with van der Waals surface area (Å²) in [5.74, 6) is 0.293. The van der Waals surface area contributed by atoms with Crippen LogP contribution in [-0.4, -0.2) is 42.3 Å². The maximum absolute atomic E-state index is 12.4. The van der Waals surface area contributed by atoms with Crippen molar-refractivity contribution < 1.29 is 19.1 Å². The number of methoxy groups -OCH3 is 1. The highest BCUT2D eigenvalue weighted by Crippen LogP contribution is 2.38. The van der Waals surface area contributed by atoms with Crippen molar-refractivity contribution in [1.29, 1.82) is 0 Å². The molecule has 2 fully saturated rings. The molecule has 118 valence electrons. The summed E-state index contributed by atoms with van der Waals surface area (Å²) in [5, 5.41) is 0. The molecule has 0 aromatic heterocycles. The van der Waals surface area contributed by atoms with Crippen LogP contribution in [0.5, 0.6) is 0 Å². The second-order valence-electron chi connectivity index (χ2n) is 6.86. The number of amides is 1. The summed E-state index contributed by atoms with van der Waals surface area (Å²) in [7, 11) is 1.37. The van der Waals surface area contributed by atoms with E-state index in [0.717, 1.165) is 31.3 Å². The molecule has 1 heterocycles. The molecule has 0 N–H and O–H groups in total. The molecule has 2 unspecified atom stereocenters. The fourth-order valence-corrected chi connectivity index (χ4v) is 3.11. The average Bonchev–Trinajstić information content (AvgIpc) is 2.40. The van der Waals surface area contributed by atoms with E-state index in [-0.39, 0.29) is 18.1 Å². The fraction of sp³-hybridized carbons (Fsp3) is 0.750. The second-order valence-corrected chi connectivity index (χ2v) is 6.86. The van der Waals surface area contributed by atoms with Crippen LogP contribution in [0.15, 0.2) is 11.6 Å². The molecule has 5 heteroatoms. The molecular formula is C16H25NO4. The molecule has 0 aromatic carbocycles. The molecule has 1 aliphatic heterocycles. The maximum Gasteiger partial charge on any atom is 0.410 e. The lowest BCUT2D eigenvalue weighted by Crippen LogP contribution is -2.50. The Bertz CT molecular complexity index is 450. The number of carbonyl (C=O) groups is 2. The lowest BCUT2D eigenvalue weighted by Gasteiger charge is -2.44. The van der Waals surface area contributed by atoms with Gasteiger partial charge in [-0.3, -0.25) is 0 Å². The highest BCUT2D eigenvalue weighted by atomic mass is 16.6. The number of nitrogens with zero attached hydrogens (tertiary/aromatic N) is 1. The molecule has 0 spiro atoms. The van der Waals surface area contributed by atoms with E-state index < -0.39 is 5.60 Å². The predicted molar refractivity (Wildman–Crippen MR) is 78.8 cm³/mol. The van der Waals surface area contributed by atoms with E-state index in [0.29, 0.717) is 12.5 Å². The number of rotatable bonds is 1. The summed E-state index contributed by atoms with van der Waals surface area (Å²) in [6, 6.07) is -0.0218. The number of hydrogen-bond donors (Lipinski definition) is 0. The van der Waals surface area contributed by atoms with Gasteiger partial charge in [0.2, 0.25) is 0 Å². The minimum atomic E-state index is -0.505. The second kappa shape index (κ2) is 6.08. The SMILES string of the molecule is COC(=O)/C=C1\CCC2CCN(C(=O)OC(C)(C)C)C1C2. The first-order valence-corrected chi connectivity index (χ1v) is 7.58. The molecule has 1 saturated carbocycles. The zero-order chi connectivity index (χ0) is 15.6. The number of esters is 1. The zero-order valence-electron chi connectivity index (χ0n) is 13.3. The van der Waals surface area contributed by atoms with E-state index in [9.17, 15) is 9.59 Å². The van der Waals surface area contributed by atoms with Gasteiger partial charge in [-0.2, -0.15) is 0 Å². The van der Waals surface area contributed by atoms with Gasteiger partial charge < -0.3 is 14.4 Å². The standard InChI is InChI=1S/C16H25NO4/c1-16(2,3)21-15(19)17-8-7-11-5-6-12(13(17)9-11)10-14(18)20-4/h10-11,13H,5-9H2,1-4H3/b12-10+. The Kier molecular flexibility index (Phi) is 4.59. The number of hydrogen-bond acceptors (Lipinski definition) is 4. The number of likely N-dealkylation sites (tertiary alicyclic amines) is 1. The van der Waals surface area contributed by atoms with Crippen LogP contribution in [-0.2, 0) is 14.3 Å². The van der Waals surface area contributed by atoms with Crippen LogP contribution < -0.4 is 0 Å². The Morgan fingerprint density at radius 3 is 2.62 bits per heavy atom. The lowest BCUT2D eigenvalue weighted by atomic mass is 9.77. The summed E-state index contributed by atoms with van der Waals surface area (Å²) in [6.45, 7) is 6.29. The molecule has 2 aliphatic rings. The van der Waals surface area contributed by atoms with Gasteiger partial charge in [0.05, 0.1) is 13.2 Å². The Balaban J connectivity index is 2.16. The van der Waals surface area contributed by atoms with Gasteiger partial charge >= 0.3 is 12.1 Å². The van der Waals surface area contributed by atoms with Crippen molar-refractivity contribution in [2.24, 2.45) is 5.92 Å². The van der Waals surface area contributed by atoms with E-state index in [1.807, 2.05) is 20.8 Å². The Hall–Kier alpha value is -1.52. The van der Waals surface area contributed by atoms with Crippen LogP contribution in [0, 0.1) is 5.92 Å². The average molecular weight is 295 g/mol. The molecule has 0 aromatic rings. The van der Waals surface area contributed by atoms with Crippen LogP contribution in [0.3, 0.4) is 0 Å². The van der Waals surface area contributed by atoms with Crippen LogP contribution >= 0.6 is 0 Å². The fourth-order valence-electron chi connectivity index (χ4n) is 3.11. The van der Waals surface area contributed by atoms with Gasteiger partial charge in [-0.05, 0) is 57.9 Å². The predicted octanol–water partition coefficient (Wildman–Crippen LogP) is 2.90. The first-order valence-electron chi connectivity index (χ1n) is 7.58. The van der Waals surface area contributed by atoms with Crippen molar-refractivity contribution in [3.8, 4) is 0 Å². The number of fused-ring (bicyclic) bond motifs is 2. The van der Waals surface area contributed by atoms with Gasteiger partial charge in [-0.1, -0.05) is 0 Å². The topological polar surface area (TPSA) is 55.8 Å². The van der Waals surface area contributed by atoms with Crippen molar-refractivity contribution in [1.82, 2.24) is 4.90 Å². The summed E-state index contributed by atoms with van der Waals surface area (Å²) in [6.07, 6.45) is 5.13. The van der Waals surface area contributed by atoms with Crippen molar-refractivity contribution in [3.05, 3.63) is 11.6 Å². The van der Waals surface area contributed by atoms with Gasteiger partial charge in [0.1, 0.15) is 5.60 Å².